The largest absolute Gasteiger partial charge is 0.295 e. The third kappa shape index (κ3) is 2.51. The molecule has 0 aliphatic carbocycles. The second kappa shape index (κ2) is 3.31. The van der Waals surface area contributed by atoms with Crippen LogP contribution in [0.2, 0.25) is 0 Å². The summed E-state index contributed by atoms with van der Waals surface area (Å²) in [5.74, 6) is 0. The van der Waals surface area contributed by atoms with E-state index in [2.05, 4.69) is 12.1 Å². The van der Waals surface area contributed by atoms with Crippen LogP contribution in [0.3, 0.4) is 0 Å². The van der Waals surface area contributed by atoms with Gasteiger partial charge in [0, 0.05) is 12.1 Å². The molecule has 0 spiro atoms. The van der Waals surface area contributed by atoms with Crippen molar-refractivity contribution in [1.82, 2.24) is 0 Å². The van der Waals surface area contributed by atoms with Gasteiger partial charge in [-0.2, -0.15) is 16.8 Å². The molecule has 0 aromatic heterocycles. The summed E-state index contributed by atoms with van der Waals surface area (Å²) in [4.78, 5) is -1.49. The van der Waals surface area contributed by atoms with Gasteiger partial charge < -0.3 is 0 Å². The van der Waals surface area contributed by atoms with Crippen LogP contribution in [0.25, 0.3) is 0 Å². The fourth-order valence-electron chi connectivity index (χ4n) is 0.679. The van der Waals surface area contributed by atoms with Gasteiger partial charge in [0.05, 0.1) is 0 Å². The van der Waals surface area contributed by atoms with Crippen molar-refractivity contribution in [3.8, 4) is 0 Å². The van der Waals surface area contributed by atoms with Gasteiger partial charge in [-0.1, -0.05) is 0 Å². The van der Waals surface area contributed by atoms with Crippen molar-refractivity contribution in [2.75, 3.05) is 0 Å². The molecule has 0 amide bonds. The van der Waals surface area contributed by atoms with Crippen molar-refractivity contribution in [3.63, 3.8) is 0 Å². The molecule has 0 aliphatic rings. The number of benzene rings is 1. The summed E-state index contributed by atoms with van der Waals surface area (Å²) in [5, 5.41) is 0. The SMILES string of the molecule is O=S(=O)(O)c1[c]c[c]c(S(=O)(=O)O)c1. The van der Waals surface area contributed by atoms with Crippen LogP contribution in [-0.2, 0) is 20.2 Å². The van der Waals surface area contributed by atoms with E-state index in [4.69, 9.17) is 9.11 Å². The molecule has 2 radical (unpaired) electrons. The summed E-state index contributed by atoms with van der Waals surface area (Å²) in [5.41, 5.74) is 0. The zero-order chi connectivity index (χ0) is 11.0. The first kappa shape index (κ1) is 11.1. The van der Waals surface area contributed by atoms with Crippen molar-refractivity contribution in [3.05, 3.63) is 24.3 Å². The molecule has 14 heavy (non-hydrogen) atoms. The topological polar surface area (TPSA) is 109 Å². The minimum atomic E-state index is -4.54. The summed E-state index contributed by atoms with van der Waals surface area (Å²) in [7, 11) is -9.07. The van der Waals surface area contributed by atoms with Crippen LogP contribution in [0.5, 0.6) is 0 Å². The maximum absolute atomic E-state index is 10.5. The Morgan fingerprint density at radius 3 is 1.57 bits per heavy atom. The van der Waals surface area contributed by atoms with Gasteiger partial charge in [-0.15, -0.1) is 0 Å². The van der Waals surface area contributed by atoms with Crippen LogP contribution in [0.1, 0.15) is 0 Å². The van der Waals surface area contributed by atoms with Gasteiger partial charge in [-0.05, 0) is 12.1 Å². The molecule has 1 aromatic carbocycles. The molecular weight excluding hydrogens is 232 g/mol. The molecule has 6 nitrogen and oxygen atoms in total. The monoisotopic (exact) mass is 236 g/mol. The lowest BCUT2D eigenvalue weighted by molar-refractivity contribution is 0.481. The van der Waals surface area contributed by atoms with Crippen molar-refractivity contribution < 1.29 is 25.9 Å². The van der Waals surface area contributed by atoms with Crippen LogP contribution in [0.15, 0.2) is 21.9 Å². The first-order chi connectivity index (χ1) is 6.21. The quantitative estimate of drug-likeness (QED) is 0.687. The Labute approximate surface area is 80.7 Å². The Kier molecular flexibility index (Phi) is 2.63. The summed E-state index contributed by atoms with van der Waals surface area (Å²) in [6, 6.07) is 5.49. The smallest absolute Gasteiger partial charge is 0.282 e. The van der Waals surface area contributed by atoms with E-state index in [0.29, 0.717) is 6.07 Å². The van der Waals surface area contributed by atoms with Crippen LogP contribution in [0.4, 0.5) is 0 Å². The Morgan fingerprint density at radius 2 is 1.29 bits per heavy atom. The van der Waals surface area contributed by atoms with Crippen molar-refractivity contribution >= 4 is 20.2 Å². The summed E-state index contributed by atoms with van der Waals surface area (Å²) in [6.07, 6.45) is 0. The lowest BCUT2D eigenvalue weighted by atomic mass is 10.4. The molecule has 76 valence electrons. The molecule has 2 N–H and O–H groups in total. The highest BCUT2D eigenvalue weighted by molar-refractivity contribution is 7.86. The molecule has 8 heteroatoms. The average Bonchev–Trinajstić information content (AvgIpc) is 2.01. The summed E-state index contributed by atoms with van der Waals surface area (Å²) < 4.78 is 59.2. The summed E-state index contributed by atoms with van der Waals surface area (Å²) in [6.45, 7) is 0. The molecule has 0 aliphatic heterocycles. The highest BCUT2D eigenvalue weighted by atomic mass is 32.2. The zero-order valence-corrected chi connectivity index (χ0v) is 8.13. The Morgan fingerprint density at radius 1 is 0.929 bits per heavy atom. The van der Waals surface area contributed by atoms with Gasteiger partial charge in [0.2, 0.25) is 0 Å². The minimum absolute atomic E-state index is 0.546. The number of hydrogen-bond acceptors (Lipinski definition) is 4. The molecule has 0 unspecified atom stereocenters. The van der Waals surface area contributed by atoms with Crippen LogP contribution in [0, 0.1) is 12.1 Å². The molecule has 0 bridgehead atoms. The van der Waals surface area contributed by atoms with E-state index < -0.39 is 30.0 Å². The van der Waals surface area contributed by atoms with E-state index in [0.717, 1.165) is 6.07 Å². The van der Waals surface area contributed by atoms with Gasteiger partial charge in [-0.25, -0.2) is 0 Å². The van der Waals surface area contributed by atoms with Crippen molar-refractivity contribution in [2.45, 2.75) is 9.79 Å². The zero-order valence-electron chi connectivity index (χ0n) is 6.50. The number of rotatable bonds is 2. The third-order valence-electron chi connectivity index (χ3n) is 1.25. The third-order valence-corrected chi connectivity index (χ3v) is 2.83. The Balaban J connectivity index is 3.44. The Hall–Kier alpha value is -0.960. The maximum atomic E-state index is 10.5. The Bertz CT molecular complexity index is 494. The first-order valence-corrected chi connectivity index (χ1v) is 5.97. The maximum Gasteiger partial charge on any atom is 0.295 e. The van der Waals surface area contributed by atoms with E-state index in [1.165, 1.54) is 0 Å². The molecule has 0 saturated carbocycles. The summed E-state index contributed by atoms with van der Waals surface area (Å²) >= 11 is 0. The fourth-order valence-corrected chi connectivity index (χ4v) is 1.70. The van der Waals surface area contributed by atoms with Crippen LogP contribution >= 0.6 is 0 Å². The van der Waals surface area contributed by atoms with Gasteiger partial charge in [0.25, 0.3) is 20.2 Å². The van der Waals surface area contributed by atoms with Gasteiger partial charge in [0.15, 0.2) is 0 Å². The van der Waals surface area contributed by atoms with E-state index in [9.17, 15) is 16.8 Å². The molecule has 0 saturated heterocycles. The molecular formula is C6H4O6S2. The van der Waals surface area contributed by atoms with E-state index in [-0.39, 0.29) is 0 Å². The molecule has 1 aromatic rings. The minimum Gasteiger partial charge on any atom is -0.282 e. The second-order valence-corrected chi connectivity index (χ2v) is 5.04. The molecule has 1 rings (SSSR count). The molecule has 0 fully saturated rings. The van der Waals surface area contributed by atoms with E-state index in [1.807, 2.05) is 0 Å². The van der Waals surface area contributed by atoms with Crippen LogP contribution in [-0.4, -0.2) is 25.9 Å². The van der Waals surface area contributed by atoms with Crippen LogP contribution < -0.4 is 0 Å². The van der Waals surface area contributed by atoms with Gasteiger partial charge in [0.1, 0.15) is 9.79 Å². The average molecular weight is 236 g/mol. The van der Waals surface area contributed by atoms with E-state index in [1.54, 1.807) is 0 Å². The van der Waals surface area contributed by atoms with Crippen molar-refractivity contribution in [1.29, 1.82) is 0 Å². The van der Waals surface area contributed by atoms with Crippen molar-refractivity contribution in [2.24, 2.45) is 0 Å². The second-order valence-electron chi connectivity index (χ2n) is 2.26. The lowest BCUT2D eigenvalue weighted by Crippen LogP contribution is -2.03. The fraction of sp³-hybridized carbons (Fsp3) is 0. The van der Waals surface area contributed by atoms with E-state index >= 15 is 0 Å². The van der Waals surface area contributed by atoms with Gasteiger partial charge in [-0.3, -0.25) is 9.11 Å². The first-order valence-electron chi connectivity index (χ1n) is 3.09. The molecule has 0 atom stereocenters. The number of hydrogen-bond donors (Lipinski definition) is 2. The highest BCUT2D eigenvalue weighted by Gasteiger charge is 2.15. The predicted molar refractivity (Wildman–Crippen MR) is 43.7 cm³/mol. The normalized spacial score (nSPS) is 12.7. The predicted octanol–water partition coefficient (Wildman–Crippen LogP) is -0.220. The highest BCUT2D eigenvalue weighted by Crippen LogP contribution is 2.13. The lowest BCUT2D eigenvalue weighted by Gasteiger charge is -1.98. The standard InChI is InChI=1S/C6H4O6S2/c7-13(8,9)5-2-1-3-6(4-5)14(10,11)12/h1,4H,(H,7,8,9)(H,10,11,12). The van der Waals surface area contributed by atoms with Gasteiger partial charge >= 0.3 is 0 Å². The molecule has 0 heterocycles.